The fraction of sp³-hybridized carbons (Fsp3) is 1.00. The minimum atomic E-state index is -0.0203. The van der Waals surface area contributed by atoms with Crippen molar-refractivity contribution in [3.8, 4) is 0 Å². The van der Waals surface area contributed by atoms with Crippen LogP contribution in [0.25, 0.3) is 0 Å². The predicted octanol–water partition coefficient (Wildman–Crippen LogP) is 1.25. The Balaban J connectivity index is 2.92. The number of nitrogens with zero attached hydrogens (tertiary/aromatic N) is 1. The number of hydrogen-bond acceptors (Lipinski definition) is 5. The van der Waals surface area contributed by atoms with Crippen molar-refractivity contribution in [1.29, 1.82) is 0 Å². The van der Waals surface area contributed by atoms with Crippen LogP contribution in [0.15, 0.2) is 0 Å². The molecule has 0 saturated carbocycles. The maximum absolute atomic E-state index is 6.19. The Morgan fingerprint density at radius 3 is 2.30 bits per heavy atom. The summed E-state index contributed by atoms with van der Waals surface area (Å²) in [7, 11) is 3.48. The zero-order valence-electron chi connectivity index (χ0n) is 13.7. The Hall–Kier alpha value is -0.200. The Labute approximate surface area is 123 Å². The van der Waals surface area contributed by atoms with Crippen LogP contribution in [0, 0.1) is 0 Å². The van der Waals surface area contributed by atoms with E-state index in [1.165, 1.54) is 0 Å². The van der Waals surface area contributed by atoms with Crippen LogP contribution in [-0.2, 0) is 14.2 Å². The highest BCUT2D eigenvalue weighted by atomic mass is 16.5. The largest absolute Gasteiger partial charge is 0.383 e. The van der Waals surface area contributed by atoms with Crippen molar-refractivity contribution in [1.82, 2.24) is 4.90 Å². The van der Waals surface area contributed by atoms with Crippen molar-refractivity contribution >= 4 is 0 Å². The quantitative estimate of drug-likeness (QED) is 0.728. The van der Waals surface area contributed by atoms with Gasteiger partial charge < -0.3 is 19.9 Å². The van der Waals surface area contributed by atoms with Crippen LogP contribution in [0.2, 0.25) is 0 Å². The van der Waals surface area contributed by atoms with Crippen molar-refractivity contribution in [2.75, 3.05) is 40.5 Å². The normalized spacial score (nSPS) is 32.5. The van der Waals surface area contributed by atoms with Crippen LogP contribution in [0.1, 0.15) is 33.6 Å². The second-order valence-electron chi connectivity index (χ2n) is 6.08. The number of nitrogens with two attached hydrogens (primary N) is 1. The highest BCUT2D eigenvalue weighted by Gasteiger charge is 2.43. The first-order valence-corrected chi connectivity index (χ1v) is 7.59. The van der Waals surface area contributed by atoms with Crippen LogP contribution in [-0.4, -0.2) is 69.2 Å². The molecule has 0 amide bonds. The molecule has 120 valence electrons. The minimum Gasteiger partial charge on any atom is -0.383 e. The highest BCUT2D eigenvalue weighted by Crippen LogP contribution is 2.34. The van der Waals surface area contributed by atoms with E-state index in [2.05, 4.69) is 25.7 Å². The standard InChI is InChI=1S/C15H32N2O3/c1-12(10-19-5)17(6-7-18-4)15(11-16)8-13(2)20-14(3)9-15/h12-14H,6-11,16H2,1-5H3. The third kappa shape index (κ3) is 4.40. The molecular weight excluding hydrogens is 256 g/mol. The van der Waals surface area contributed by atoms with Gasteiger partial charge in [0.25, 0.3) is 0 Å². The topological polar surface area (TPSA) is 57.0 Å². The van der Waals surface area contributed by atoms with Gasteiger partial charge in [-0.15, -0.1) is 0 Å². The fourth-order valence-electron chi connectivity index (χ4n) is 3.61. The van der Waals surface area contributed by atoms with E-state index in [0.717, 1.165) is 19.4 Å². The van der Waals surface area contributed by atoms with Crippen molar-refractivity contribution in [2.24, 2.45) is 5.73 Å². The maximum atomic E-state index is 6.19. The summed E-state index contributed by atoms with van der Waals surface area (Å²) in [5.41, 5.74) is 6.17. The van der Waals surface area contributed by atoms with E-state index in [4.69, 9.17) is 19.9 Å². The molecule has 3 unspecified atom stereocenters. The van der Waals surface area contributed by atoms with Gasteiger partial charge in [0.05, 0.1) is 25.4 Å². The van der Waals surface area contributed by atoms with Crippen LogP contribution in [0.4, 0.5) is 0 Å². The number of rotatable bonds is 8. The van der Waals surface area contributed by atoms with Crippen molar-refractivity contribution in [3.05, 3.63) is 0 Å². The molecule has 0 aliphatic carbocycles. The number of methoxy groups -OCH3 is 2. The smallest absolute Gasteiger partial charge is 0.0615 e. The molecule has 0 bridgehead atoms. The van der Waals surface area contributed by atoms with E-state index >= 15 is 0 Å². The van der Waals surface area contributed by atoms with Gasteiger partial charge in [-0.2, -0.15) is 0 Å². The van der Waals surface area contributed by atoms with Gasteiger partial charge in [0.2, 0.25) is 0 Å². The average molecular weight is 288 g/mol. The van der Waals surface area contributed by atoms with Crippen molar-refractivity contribution in [3.63, 3.8) is 0 Å². The molecule has 1 aliphatic rings. The lowest BCUT2D eigenvalue weighted by Crippen LogP contribution is -2.63. The molecule has 1 saturated heterocycles. The summed E-state index contributed by atoms with van der Waals surface area (Å²) in [6.07, 6.45) is 2.40. The van der Waals surface area contributed by atoms with E-state index in [0.29, 0.717) is 25.8 Å². The number of hydrogen-bond donors (Lipinski definition) is 1. The molecule has 5 heteroatoms. The van der Waals surface area contributed by atoms with Gasteiger partial charge in [-0.3, -0.25) is 4.90 Å². The molecule has 0 aromatic heterocycles. The zero-order chi connectivity index (χ0) is 15.2. The van der Waals surface area contributed by atoms with Gasteiger partial charge in [0, 0.05) is 38.9 Å². The van der Waals surface area contributed by atoms with E-state index in [1.54, 1.807) is 14.2 Å². The lowest BCUT2D eigenvalue weighted by Gasteiger charge is -2.51. The SMILES string of the molecule is COCCN(C(C)COC)C1(CN)CC(C)OC(C)C1. The van der Waals surface area contributed by atoms with E-state index in [1.807, 2.05) is 0 Å². The van der Waals surface area contributed by atoms with Gasteiger partial charge in [-0.1, -0.05) is 0 Å². The monoisotopic (exact) mass is 288 g/mol. The Morgan fingerprint density at radius 2 is 1.85 bits per heavy atom. The summed E-state index contributed by atoms with van der Waals surface area (Å²) in [6.45, 7) is 9.39. The van der Waals surface area contributed by atoms with Gasteiger partial charge in [0.15, 0.2) is 0 Å². The minimum absolute atomic E-state index is 0.0203. The van der Waals surface area contributed by atoms with Gasteiger partial charge in [0.1, 0.15) is 0 Å². The maximum Gasteiger partial charge on any atom is 0.0615 e. The van der Waals surface area contributed by atoms with Gasteiger partial charge in [-0.25, -0.2) is 0 Å². The summed E-state index contributed by atoms with van der Waals surface area (Å²) < 4.78 is 16.5. The highest BCUT2D eigenvalue weighted by molar-refractivity contribution is 4.99. The van der Waals surface area contributed by atoms with E-state index in [9.17, 15) is 0 Å². The molecule has 5 nitrogen and oxygen atoms in total. The van der Waals surface area contributed by atoms with Gasteiger partial charge in [-0.05, 0) is 33.6 Å². The molecule has 1 heterocycles. The summed E-state index contributed by atoms with van der Waals surface area (Å²) in [5, 5.41) is 0. The summed E-state index contributed by atoms with van der Waals surface area (Å²) in [6, 6.07) is 0.316. The molecular formula is C15H32N2O3. The molecule has 2 N–H and O–H groups in total. The third-order valence-corrected chi connectivity index (χ3v) is 4.26. The Bertz CT molecular complexity index is 266. The Kier molecular flexibility index (Phi) is 7.40. The van der Waals surface area contributed by atoms with Crippen LogP contribution in [0.5, 0.6) is 0 Å². The molecule has 1 aliphatic heterocycles. The average Bonchev–Trinajstić information content (AvgIpc) is 2.38. The molecule has 0 radical (unpaired) electrons. The first kappa shape index (κ1) is 17.9. The molecule has 0 aromatic rings. The lowest BCUT2D eigenvalue weighted by molar-refractivity contribution is -0.119. The van der Waals surface area contributed by atoms with Gasteiger partial charge >= 0.3 is 0 Å². The van der Waals surface area contributed by atoms with E-state index < -0.39 is 0 Å². The number of ether oxygens (including phenoxy) is 3. The molecule has 3 atom stereocenters. The lowest BCUT2D eigenvalue weighted by atomic mass is 9.81. The van der Waals surface area contributed by atoms with E-state index in [-0.39, 0.29) is 17.7 Å². The van der Waals surface area contributed by atoms with Crippen LogP contribution in [0.3, 0.4) is 0 Å². The van der Waals surface area contributed by atoms with Crippen LogP contribution >= 0.6 is 0 Å². The van der Waals surface area contributed by atoms with Crippen molar-refractivity contribution in [2.45, 2.75) is 57.4 Å². The second kappa shape index (κ2) is 8.29. The molecule has 1 rings (SSSR count). The van der Waals surface area contributed by atoms with Crippen molar-refractivity contribution < 1.29 is 14.2 Å². The summed E-state index contributed by atoms with van der Waals surface area (Å²) >= 11 is 0. The molecule has 1 fully saturated rings. The first-order valence-electron chi connectivity index (χ1n) is 7.59. The molecule has 0 aromatic carbocycles. The Morgan fingerprint density at radius 1 is 1.25 bits per heavy atom. The summed E-state index contributed by atoms with van der Waals surface area (Å²) in [4.78, 5) is 2.47. The third-order valence-electron chi connectivity index (χ3n) is 4.26. The molecule has 0 spiro atoms. The zero-order valence-corrected chi connectivity index (χ0v) is 13.7. The first-order chi connectivity index (χ1) is 9.49. The van der Waals surface area contributed by atoms with Crippen LogP contribution < -0.4 is 5.73 Å². The molecule has 20 heavy (non-hydrogen) atoms. The fourth-order valence-corrected chi connectivity index (χ4v) is 3.61. The predicted molar refractivity (Wildman–Crippen MR) is 80.9 cm³/mol. The second-order valence-corrected chi connectivity index (χ2v) is 6.08. The summed E-state index contributed by atoms with van der Waals surface area (Å²) in [5.74, 6) is 0.